The highest BCUT2D eigenvalue weighted by atomic mass is 32.2. The van der Waals surface area contributed by atoms with Gasteiger partial charge in [-0.15, -0.1) is 0 Å². The third-order valence-corrected chi connectivity index (χ3v) is 5.52. The Labute approximate surface area is 170 Å². The number of hydrogen-bond acceptors (Lipinski definition) is 6. The van der Waals surface area contributed by atoms with Crippen molar-refractivity contribution in [2.24, 2.45) is 0 Å². The Balaban J connectivity index is 1.61. The summed E-state index contributed by atoms with van der Waals surface area (Å²) in [4.78, 5) is 12.7. The summed E-state index contributed by atoms with van der Waals surface area (Å²) in [5.41, 5.74) is 0.426. The fraction of sp³-hybridized carbons (Fsp3) is 0.350. The average molecular weight is 420 g/mol. The largest absolute Gasteiger partial charge is 0.497 e. The molecule has 1 heterocycles. The van der Waals surface area contributed by atoms with Crippen LogP contribution in [-0.4, -0.2) is 53.0 Å². The van der Waals surface area contributed by atoms with Crippen molar-refractivity contribution in [1.29, 1.82) is 0 Å². The smallest absolute Gasteiger partial charge is 0.263 e. The Morgan fingerprint density at radius 2 is 1.86 bits per heavy atom. The van der Waals surface area contributed by atoms with Gasteiger partial charge in [-0.25, -0.2) is 8.42 Å². The number of nitrogens with one attached hydrogen (secondary N) is 1. The van der Waals surface area contributed by atoms with E-state index < -0.39 is 22.0 Å². The summed E-state index contributed by atoms with van der Waals surface area (Å²) in [6.07, 6.45) is 0.151. The first-order valence-corrected chi connectivity index (χ1v) is 10.9. The molecule has 1 amide bonds. The predicted molar refractivity (Wildman–Crippen MR) is 109 cm³/mol. The predicted octanol–water partition coefficient (Wildman–Crippen LogP) is 1.81. The molecule has 156 valence electrons. The lowest BCUT2D eigenvalue weighted by Crippen LogP contribution is -2.52. The van der Waals surface area contributed by atoms with E-state index in [1.165, 1.54) is 4.31 Å². The minimum absolute atomic E-state index is 0.0895. The number of carbonyl (C=O) groups is 1. The van der Waals surface area contributed by atoms with Crippen molar-refractivity contribution in [3.8, 4) is 17.2 Å². The Hall–Kier alpha value is -2.94. The number of rotatable bonds is 7. The van der Waals surface area contributed by atoms with Gasteiger partial charge in [-0.2, -0.15) is 0 Å². The maximum absolute atomic E-state index is 12.7. The number of sulfonamides is 1. The number of carbonyl (C=O) groups excluding carboxylic acids is 1. The molecule has 1 aliphatic rings. The molecule has 0 bridgehead atoms. The van der Waals surface area contributed by atoms with Crippen molar-refractivity contribution in [3.63, 3.8) is 0 Å². The van der Waals surface area contributed by atoms with E-state index in [1.807, 2.05) is 0 Å². The fourth-order valence-electron chi connectivity index (χ4n) is 2.92. The summed E-state index contributed by atoms with van der Waals surface area (Å²) in [5.74, 6) is 1.33. The van der Waals surface area contributed by atoms with Gasteiger partial charge >= 0.3 is 0 Å². The van der Waals surface area contributed by atoms with Crippen LogP contribution in [0.25, 0.3) is 0 Å². The summed E-state index contributed by atoms with van der Waals surface area (Å²) in [5, 5.41) is 2.81. The number of amides is 1. The molecule has 0 aliphatic carbocycles. The van der Waals surface area contributed by atoms with E-state index in [4.69, 9.17) is 14.2 Å². The molecular weight excluding hydrogens is 396 g/mol. The molecule has 0 aromatic heterocycles. The van der Waals surface area contributed by atoms with Gasteiger partial charge in [0.1, 0.15) is 23.9 Å². The lowest BCUT2D eigenvalue weighted by molar-refractivity contribution is -0.128. The molecule has 0 fully saturated rings. The van der Waals surface area contributed by atoms with Gasteiger partial charge in [-0.1, -0.05) is 12.1 Å². The summed E-state index contributed by atoms with van der Waals surface area (Å²) in [6, 6.07) is 13.6. The molecule has 0 saturated carbocycles. The Bertz CT molecular complexity index is 961. The fourth-order valence-corrected chi connectivity index (χ4v) is 3.84. The zero-order chi connectivity index (χ0) is 21.0. The van der Waals surface area contributed by atoms with Crippen LogP contribution in [0.3, 0.4) is 0 Å². The first-order valence-electron chi connectivity index (χ1n) is 9.08. The molecule has 3 rings (SSSR count). The normalized spacial score (nSPS) is 16.9. The Kier molecular flexibility index (Phi) is 6.17. The third kappa shape index (κ3) is 5.11. The Morgan fingerprint density at radius 1 is 1.21 bits per heavy atom. The van der Waals surface area contributed by atoms with E-state index >= 15 is 0 Å². The van der Waals surface area contributed by atoms with Crippen LogP contribution >= 0.6 is 0 Å². The lowest BCUT2D eigenvalue weighted by atomic mass is 10.2. The molecule has 9 heteroatoms. The first-order chi connectivity index (χ1) is 13.8. The van der Waals surface area contributed by atoms with Crippen LogP contribution in [0.15, 0.2) is 48.5 Å². The minimum Gasteiger partial charge on any atom is -0.497 e. The molecule has 2 atom stereocenters. The number of hydrogen-bond donors (Lipinski definition) is 1. The van der Waals surface area contributed by atoms with Crippen LogP contribution < -0.4 is 23.8 Å². The van der Waals surface area contributed by atoms with E-state index in [1.54, 1.807) is 62.6 Å². The lowest BCUT2D eigenvalue weighted by Gasteiger charge is -2.34. The topological polar surface area (TPSA) is 94.2 Å². The van der Waals surface area contributed by atoms with Gasteiger partial charge < -0.3 is 19.5 Å². The van der Waals surface area contributed by atoms with Crippen molar-refractivity contribution < 1.29 is 27.4 Å². The molecular formula is C20H24N2O6S. The SMILES string of the molecule is COc1ccc(OC[C@@H](C)NC(=O)[C@@H]2CN(S(C)(=O)=O)c3ccccc3O2)cc1. The second-order valence-corrected chi connectivity index (χ2v) is 8.67. The van der Waals surface area contributed by atoms with E-state index in [-0.39, 0.29) is 19.2 Å². The van der Waals surface area contributed by atoms with Gasteiger partial charge in [0.05, 0.1) is 31.6 Å². The highest BCUT2D eigenvalue weighted by Gasteiger charge is 2.35. The molecule has 1 N–H and O–H groups in total. The van der Waals surface area contributed by atoms with Gasteiger partial charge in [0, 0.05) is 0 Å². The van der Waals surface area contributed by atoms with Gasteiger partial charge in [0.15, 0.2) is 6.10 Å². The molecule has 2 aromatic rings. The molecule has 0 saturated heterocycles. The number of para-hydroxylation sites is 2. The number of benzene rings is 2. The zero-order valence-electron chi connectivity index (χ0n) is 16.5. The zero-order valence-corrected chi connectivity index (χ0v) is 17.3. The summed E-state index contributed by atoms with van der Waals surface area (Å²) >= 11 is 0. The van der Waals surface area contributed by atoms with Crippen molar-refractivity contribution in [2.75, 3.05) is 30.8 Å². The van der Waals surface area contributed by atoms with Crippen molar-refractivity contribution >= 4 is 21.6 Å². The monoisotopic (exact) mass is 420 g/mol. The molecule has 0 spiro atoms. The summed E-state index contributed by atoms with van der Waals surface area (Å²) < 4.78 is 42.0. The molecule has 0 unspecified atom stereocenters. The molecule has 29 heavy (non-hydrogen) atoms. The summed E-state index contributed by atoms with van der Waals surface area (Å²) in [7, 11) is -1.96. The van der Waals surface area contributed by atoms with Crippen molar-refractivity contribution in [3.05, 3.63) is 48.5 Å². The second-order valence-electron chi connectivity index (χ2n) is 6.76. The van der Waals surface area contributed by atoms with Crippen LogP contribution in [-0.2, 0) is 14.8 Å². The van der Waals surface area contributed by atoms with Gasteiger partial charge in [-0.3, -0.25) is 9.10 Å². The number of methoxy groups -OCH3 is 1. The standard InChI is InChI=1S/C20H24N2O6S/c1-14(13-27-16-10-8-15(26-2)9-11-16)21-20(23)19-12-22(29(3,24)25)17-6-4-5-7-18(17)28-19/h4-11,14,19H,12-13H2,1-3H3,(H,21,23)/t14-,19+/m1/s1. The van der Waals surface area contributed by atoms with E-state index in [0.29, 0.717) is 17.2 Å². The maximum atomic E-state index is 12.7. The summed E-state index contributed by atoms with van der Waals surface area (Å²) in [6.45, 7) is 1.96. The van der Waals surface area contributed by atoms with Crippen molar-refractivity contribution in [2.45, 2.75) is 19.1 Å². The van der Waals surface area contributed by atoms with Gasteiger partial charge in [0.2, 0.25) is 10.0 Å². The molecule has 1 aliphatic heterocycles. The minimum atomic E-state index is -3.55. The quantitative estimate of drug-likeness (QED) is 0.734. The number of anilines is 1. The maximum Gasteiger partial charge on any atom is 0.263 e. The van der Waals surface area contributed by atoms with Crippen LogP contribution in [0.2, 0.25) is 0 Å². The number of ether oxygens (including phenoxy) is 3. The van der Waals surface area contributed by atoms with Crippen LogP contribution in [0.4, 0.5) is 5.69 Å². The first kappa shape index (κ1) is 20.8. The number of nitrogens with zero attached hydrogens (tertiary/aromatic N) is 1. The van der Waals surface area contributed by atoms with Crippen LogP contribution in [0, 0.1) is 0 Å². The van der Waals surface area contributed by atoms with E-state index in [9.17, 15) is 13.2 Å². The van der Waals surface area contributed by atoms with E-state index in [2.05, 4.69) is 5.32 Å². The number of fused-ring (bicyclic) bond motifs is 1. The Morgan fingerprint density at radius 3 is 2.52 bits per heavy atom. The van der Waals surface area contributed by atoms with Crippen LogP contribution in [0.1, 0.15) is 6.92 Å². The highest BCUT2D eigenvalue weighted by Crippen LogP contribution is 2.34. The molecule has 2 aromatic carbocycles. The van der Waals surface area contributed by atoms with E-state index in [0.717, 1.165) is 12.0 Å². The van der Waals surface area contributed by atoms with Crippen molar-refractivity contribution in [1.82, 2.24) is 5.32 Å². The molecule has 8 nitrogen and oxygen atoms in total. The second kappa shape index (κ2) is 8.60. The average Bonchev–Trinajstić information content (AvgIpc) is 2.71. The third-order valence-electron chi connectivity index (χ3n) is 4.38. The highest BCUT2D eigenvalue weighted by molar-refractivity contribution is 7.92. The molecule has 0 radical (unpaired) electrons. The van der Waals surface area contributed by atoms with Crippen LogP contribution in [0.5, 0.6) is 17.2 Å². The van der Waals surface area contributed by atoms with Gasteiger partial charge in [-0.05, 0) is 43.3 Å². The van der Waals surface area contributed by atoms with Gasteiger partial charge in [0.25, 0.3) is 5.91 Å².